The van der Waals surface area contributed by atoms with Crippen molar-refractivity contribution in [1.82, 2.24) is 15.5 Å². The van der Waals surface area contributed by atoms with Gasteiger partial charge < -0.3 is 0 Å². The molecule has 1 atom stereocenters. The van der Waals surface area contributed by atoms with Crippen LogP contribution in [0.3, 0.4) is 0 Å². The molecule has 94 valence electrons. The molecule has 0 fully saturated rings. The molecule has 0 spiro atoms. The molecular formula is C10H16N4S3. The lowest BCUT2D eigenvalue weighted by Gasteiger charge is -2.13. The second kappa shape index (κ2) is 7.93. The molecule has 0 aromatic carbocycles. The Balaban J connectivity index is 2.29. The summed E-state index contributed by atoms with van der Waals surface area (Å²) in [6, 6.07) is 2.54. The average Bonchev–Trinajstić information content (AvgIpc) is 2.75. The van der Waals surface area contributed by atoms with Gasteiger partial charge in [-0.05, 0) is 26.5 Å². The number of nitrogens with one attached hydrogen (secondary N) is 1. The van der Waals surface area contributed by atoms with Gasteiger partial charge in [0.2, 0.25) is 0 Å². The Morgan fingerprint density at radius 3 is 2.65 bits per heavy atom. The first-order chi connectivity index (χ1) is 8.15. The summed E-state index contributed by atoms with van der Waals surface area (Å²) >= 11 is 4.88. The van der Waals surface area contributed by atoms with Crippen molar-refractivity contribution in [3.8, 4) is 6.07 Å². The molecule has 0 amide bonds. The largest absolute Gasteiger partial charge is 0.300 e. The molecule has 1 N–H and O–H groups in total. The Hall–Kier alpha value is -0.290. The predicted molar refractivity (Wildman–Crippen MR) is 74.7 cm³/mol. The summed E-state index contributed by atoms with van der Waals surface area (Å²) in [4.78, 5) is 0. The minimum atomic E-state index is -0.0737. The maximum atomic E-state index is 8.96. The minimum Gasteiger partial charge on any atom is -0.300 e. The van der Waals surface area contributed by atoms with Crippen molar-refractivity contribution in [3.05, 3.63) is 0 Å². The summed E-state index contributed by atoms with van der Waals surface area (Å²) in [5.41, 5.74) is 0. The van der Waals surface area contributed by atoms with Crippen LogP contribution in [0, 0.1) is 11.3 Å². The second-order valence-electron chi connectivity index (χ2n) is 3.68. The molecule has 1 aromatic heterocycles. The highest BCUT2D eigenvalue weighted by Crippen LogP contribution is 2.27. The molecule has 17 heavy (non-hydrogen) atoms. The van der Waals surface area contributed by atoms with Crippen LogP contribution in [0.15, 0.2) is 8.68 Å². The first-order valence-corrected chi connectivity index (χ1v) is 8.34. The lowest BCUT2D eigenvalue weighted by Crippen LogP contribution is -2.33. The van der Waals surface area contributed by atoms with E-state index in [4.69, 9.17) is 5.26 Å². The van der Waals surface area contributed by atoms with Crippen molar-refractivity contribution in [2.75, 3.05) is 12.0 Å². The summed E-state index contributed by atoms with van der Waals surface area (Å²) in [7, 11) is 0. The van der Waals surface area contributed by atoms with Crippen molar-refractivity contribution in [2.45, 2.75) is 41.0 Å². The van der Waals surface area contributed by atoms with Crippen LogP contribution in [0.5, 0.6) is 0 Å². The van der Waals surface area contributed by atoms with E-state index in [1.807, 2.05) is 20.1 Å². The zero-order chi connectivity index (χ0) is 12.7. The van der Waals surface area contributed by atoms with Crippen LogP contribution < -0.4 is 5.32 Å². The normalized spacial score (nSPS) is 12.6. The third-order valence-corrected chi connectivity index (χ3v) is 4.95. The molecule has 1 aromatic rings. The van der Waals surface area contributed by atoms with Crippen LogP contribution >= 0.6 is 34.9 Å². The number of nitrogens with zero attached hydrogens (tertiary/aromatic N) is 3. The zero-order valence-electron chi connectivity index (χ0n) is 10.1. The minimum absolute atomic E-state index is 0.0737. The fourth-order valence-corrected chi connectivity index (χ4v) is 3.70. The number of thioether (sulfide) groups is 2. The molecule has 0 saturated heterocycles. The SMILES string of the molecule is CSc1nnc(SCCC(C#N)NC(C)C)s1. The third kappa shape index (κ3) is 5.73. The number of hydrogen-bond donors (Lipinski definition) is 1. The third-order valence-electron chi connectivity index (χ3n) is 1.88. The van der Waals surface area contributed by atoms with Gasteiger partial charge in [0.15, 0.2) is 8.68 Å². The Morgan fingerprint density at radius 2 is 2.12 bits per heavy atom. The van der Waals surface area contributed by atoms with Gasteiger partial charge in [-0.25, -0.2) is 0 Å². The highest BCUT2D eigenvalue weighted by molar-refractivity contribution is 8.02. The van der Waals surface area contributed by atoms with Gasteiger partial charge in [0.05, 0.1) is 12.1 Å². The van der Waals surface area contributed by atoms with E-state index in [-0.39, 0.29) is 6.04 Å². The first kappa shape index (κ1) is 14.8. The summed E-state index contributed by atoms with van der Waals surface area (Å²) < 4.78 is 1.97. The molecule has 0 aliphatic rings. The van der Waals surface area contributed by atoms with E-state index in [0.717, 1.165) is 20.9 Å². The summed E-state index contributed by atoms with van der Waals surface area (Å²) in [6.45, 7) is 4.10. The number of rotatable bonds is 7. The topological polar surface area (TPSA) is 61.6 Å². The fraction of sp³-hybridized carbons (Fsp3) is 0.700. The highest BCUT2D eigenvalue weighted by Gasteiger charge is 2.09. The Bertz CT molecular complexity index is 372. The average molecular weight is 288 g/mol. The Labute approximate surface area is 115 Å². The molecule has 0 saturated carbocycles. The molecule has 0 aliphatic heterocycles. The second-order valence-corrected chi connectivity index (χ2v) is 7.05. The van der Waals surface area contributed by atoms with E-state index in [9.17, 15) is 0 Å². The van der Waals surface area contributed by atoms with Gasteiger partial charge in [0.25, 0.3) is 0 Å². The van der Waals surface area contributed by atoms with Crippen molar-refractivity contribution in [3.63, 3.8) is 0 Å². The Morgan fingerprint density at radius 1 is 1.41 bits per heavy atom. The smallest absolute Gasteiger partial charge is 0.175 e. The van der Waals surface area contributed by atoms with Crippen LogP contribution in [-0.2, 0) is 0 Å². The van der Waals surface area contributed by atoms with Gasteiger partial charge in [-0.15, -0.1) is 10.2 Å². The molecule has 7 heteroatoms. The summed E-state index contributed by atoms with van der Waals surface area (Å²) in [5.74, 6) is 0.890. The Kier molecular flexibility index (Phi) is 6.89. The molecule has 0 radical (unpaired) electrons. The van der Waals surface area contributed by atoms with Crippen LogP contribution in [0.4, 0.5) is 0 Å². The van der Waals surface area contributed by atoms with Crippen LogP contribution in [0.2, 0.25) is 0 Å². The molecule has 1 unspecified atom stereocenters. The molecular weight excluding hydrogens is 272 g/mol. The van der Waals surface area contributed by atoms with E-state index in [1.165, 1.54) is 0 Å². The van der Waals surface area contributed by atoms with Gasteiger partial charge >= 0.3 is 0 Å². The summed E-state index contributed by atoms with van der Waals surface area (Å²) in [5, 5.41) is 20.3. The molecule has 1 heterocycles. The van der Waals surface area contributed by atoms with E-state index in [0.29, 0.717) is 6.04 Å². The first-order valence-electron chi connectivity index (χ1n) is 5.31. The van der Waals surface area contributed by atoms with Gasteiger partial charge in [0, 0.05) is 11.8 Å². The predicted octanol–water partition coefficient (Wildman–Crippen LogP) is 2.63. The van der Waals surface area contributed by atoms with Crippen LogP contribution in [0.1, 0.15) is 20.3 Å². The van der Waals surface area contributed by atoms with Crippen LogP contribution in [-0.4, -0.2) is 34.3 Å². The van der Waals surface area contributed by atoms with Gasteiger partial charge in [-0.1, -0.05) is 34.9 Å². The van der Waals surface area contributed by atoms with E-state index < -0.39 is 0 Å². The van der Waals surface area contributed by atoms with Crippen molar-refractivity contribution in [2.24, 2.45) is 0 Å². The van der Waals surface area contributed by atoms with E-state index >= 15 is 0 Å². The number of aromatic nitrogens is 2. The lowest BCUT2D eigenvalue weighted by atomic mass is 10.2. The lowest BCUT2D eigenvalue weighted by molar-refractivity contribution is 0.522. The molecule has 4 nitrogen and oxygen atoms in total. The maximum absolute atomic E-state index is 8.96. The van der Waals surface area contributed by atoms with Crippen LogP contribution in [0.25, 0.3) is 0 Å². The molecule has 0 bridgehead atoms. The zero-order valence-corrected chi connectivity index (χ0v) is 12.6. The quantitative estimate of drug-likeness (QED) is 0.778. The summed E-state index contributed by atoms with van der Waals surface area (Å²) in [6.07, 6.45) is 2.82. The molecule has 1 rings (SSSR count). The van der Waals surface area contributed by atoms with Crippen molar-refractivity contribution in [1.29, 1.82) is 5.26 Å². The molecule has 0 aliphatic carbocycles. The van der Waals surface area contributed by atoms with Crippen molar-refractivity contribution < 1.29 is 0 Å². The number of nitriles is 1. The monoisotopic (exact) mass is 288 g/mol. The highest BCUT2D eigenvalue weighted by atomic mass is 32.2. The maximum Gasteiger partial charge on any atom is 0.175 e. The van der Waals surface area contributed by atoms with E-state index in [2.05, 4.69) is 21.6 Å². The fourth-order valence-electron chi connectivity index (χ4n) is 1.19. The van der Waals surface area contributed by atoms with Gasteiger partial charge in [-0.2, -0.15) is 5.26 Å². The van der Waals surface area contributed by atoms with Crippen molar-refractivity contribution >= 4 is 34.9 Å². The van der Waals surface area contributed by atoms with E-state index in [1.54, 1.807) is 34.9 Å². The van der Waals surface area contributed by atoms with Gasteiger partial charge in [0.1, 0.15) is 0 Å². The van der Waals surface area contributed by atoms with Gasteiger partial charge in [-0.3, -0.25) is 5.32 Å². The number of hydrogen-bond acceptors (Lipinski definition) is 7. The standard InChI is InChI=1S/C10H16N4S3/c1-7(2)12-8(6-11)4-5-16-10-14-13-9(15-3)17-10/h7-8,12H,4-5H2,1-3H3.